The zero-order valence-electron chi connectivity index (χ0n) is 24.2. The van der Waals surface area contributed by atoms with Crippen molar-refractivity contribution < 1.29 is 39.6 Å². The number of hydrogen-bond donors (Lipinski definition) is 2. The molecule has 0 aromatic heterocycles. The fraction of sp³-hybridized carbons (Fsp3) is 0.857. The van der Waals surface area contributed by atoms with Gasteiger partial charge in [-0.25, -0.2) is 0 Å². The highest BCUT2D eigenvalue weighted by Crippen LogP contribution is 2.29. The first-order valence-corrected chi connectivity index (χ1v) is 14.0. The standard InChI is InChI=1S/C28H50N2O8.H2/c1-19(2)15-23(29-13-11-25(31)35-5)27(33)37-17-21-7-9-22(10-8-21)18-38-28(34)24(16-20(3)4)30-14-12-26(32)36-6;/h19-24,29-30H,7-18H2,1-6H3;1H. The fourth-order valence-electron chi connectivity index (χ4n) is 4.54. The molecule has 38 heavy (non-hydrogen) atoms. The zero-order valence-corrected chi connectivity index (χ0v) is 24.2. The van der Waals surface area contributed by atoms with E-state index in [9.17, 15) is 19.2 Å². The largest absolute Gasteiger partial charge is 0.469 e. The summed E-state index contributed by atoms with van der Waals surface area (Å²) in [6, 6.07) is -0.897. The van der Waals surface area contributed by atoms with Crippen LogP contribution in [0.2, 0.25) is 0 Å². The Morgan fingerprint density at radius 1 is 0.684 bits per heavy atom. The topological polar surface area (TPSA) is 129 Å². The molecule has 0 saturated heterocycles. The van der Waals surface area contributed by atoms with Gasteiger partial charge in [-0.15, -0.1) is 0 Å². The lowest BCUT2D eigenvalue weighted by Crippen LogP contribution is -2.41. The van der Waals surface area contributed by atoms with Crippen LogP contribution in [0.4, 0.5) is 0 Å². The molecule has 2 atom stereocenters. The molecule has 0 radical (unpaired) electrons. The number of carbonyl (C=O) groups excluding carboxylic acids is 4. The van der Waals surface area contributed by atoms with E-state index in [4.69, 9.17) is 9.47 Å². The number of nitrogens with one attached hydrogen (secondary N) is 2. The molecule has 0 spiro atoms. The number of esters is 4. The fourth-order valence-corrected chi connectivity index (χ4v) is 4.54. The van der Waals surface area contributed by atoms with E-state index in [1.54, 1.807) is 0 Å². The Balaban J connectivity index is 0.0000144. The second kappa shape index (κ2) is 19.0. The zero-order chi connectivity index (χ0) is 28.5. The normalized spacial score (nSPS) is 19.1. The highest BCUT2D eigenvalue weighted by atomic mass is 16.5. The number of carbonyl (C=O) groups is 4. The molecule has 10 heteroatoms. The van der Waals surface area contributed by atoms with Gasteiger partial charge in [-0.05, 0) is 62.2 Å². The van der Waals surface area contributed by atoms with E-state index in [0.717, 1.165) is 25.7 Å². The molecule has 0 bridgehead atoms. The lowest BCUT2D eigenvalue weighted by Gasteiger charge is -2.29. The first-order valence-electron chi connectivity index (χ1n) is 14.0. The Morgan fingerprint density at radius 3 is 1.32 bits per heavy atom. The van der Waals surface area contributed by atoms with E-state index in [-0.39, 0.29) is 50.0 Å². The van der Waals surface area contributed by atoms with Crippen LogP contribution in [0.15, 0.2) is 0 Å². The predicted molar refractivity (Wildman–Crippen MR) is 145 cm³/mol. The summed E-state index contributed by atoms with van der Waals surface area (Å²) in [7, 11) is 2.69. The Morgan fingerprint density at radius 2 is 1.03 bits per heavy atom. The van der Waals surface area contributed by atoms with Gasteiger partial charge in [0.05, 0.1) is 40.3 Å². The summed E-state index contributed by atoms with van der Waals surface area (Å²) in [5.74, 6) is -0.0162. The molecular formula is C28H52N2O8. The van der Waals surface area contributed by atoms with E-state index >= 15 is 0 Å². The van der Waals surface area contributed by atoms with Crippen molar-refractivity contribution in [2.75, 3.05) is 40.5 Å². The van der Waals surface area contributed by atoms with Crippen LogP contribution in [0, 0.1) is 23.7 Å². The average Bonchev–Trinajstić information content (AvgIpc) is 2.88. The molecule has 0 amide bonds. The summed E-state index contributed by atoms with van der Waals surface area (Å²) in [4.78, 5) is 48.1. The van der Waals surface area contributed by atoms with Gasteiger partial charge in [-0.2, -0.15) is 0 Å². The van der Waals surface area contributed by atoms with Gasteiger partial charge in [0.25, 0.3) is 0 Å². The van der Waals surface area contributed by atoms with E-state index in [1.807, 2.05) is 27.7 Å². The SMILES string of the molecule is COC(=O)CCNC(CC(C)C)C(=O)OCC1CCC(COC(=O)C(CC(C)C)NCCC(=O)OC)CC1.[HH]. The minimum absolute atomic E-state index is 0. The van der Waals surface area contributed by atoms with Gasteiger partial charge in [0.15, 0.2) is 0 Å². The van der Waals surface area contributed by atoms with E-state index in [0.29, 0.717) is 51.0 Å². The van der Waals surface area contributed by atoms with Crippen molar-refractivity contribution >= 4 is 23.9 Å². The average molecular weight is 545 g/mol. The van der Waals surface area contributed by atoms with Crippen LogP contribution < -0.4 is 10.6 Å². The molecule has 1 saturated carbocycles. The lowest BCUT2D eigenvalue weighted by atomic mass is 9.83. The summed E-state index contributed by atoms with van der Waals surface area (Å²) in [6.45, 7) is 9.64. The molecule has 0 aromatic carbocycles. The third-order valence-corrected chi connectivity index (χ3v) is 6.77. The van der Waals surface area contributed by atoms with Crippen molar-refractivity contribution in [3.63, 3.8) is 0 Å². The number of methoxy groups -OCH3 is 2. The molecule has 1 aliphatic carbocycles. The number of hydrogen-bond acceptors (Lipinski definition) is 10. The van der Waals surface area contributed by atoms with Gasteiger partial charge in [0, 0.05) is 14.5 Å². The smallest absolute Gasteiger partial charge is 0.323 e. The quantitative estimate of drug-likeness (QED) is 0.196. The van der Waals surface area contributed by atoms with Crippen molar-refractivity contribution in [3.8, 4) is 0 Å². The van der Waals surface area contributed by atoms with Gasteiger partial charge in [0.1, 0.15) is 12.1 Å². The Bertz CT molecular complexity index is 666. The van der Waals surface area contributed by atoms with Crippen molar-refractivity contribution in [2.24, 2.45) is 23.7 Å². The van der Waals surface area contributed by atoms with Crippen LogP contribution in [0.1, 0.15) is 80.5 Å². The summed E-state index contributed by atoms with van der Waals surface area (Å²) < 4.78 is 20.6. The molecular weight excluding hydrogens is 492 g/mol. The van der Waals surface area contributed by atoms with Crippen LogP contribution >= 0.6 is 0 Å². The van der Waals surface area contributed by atoms with E-state index in [2.05, 4.69) is 20.1 Å². The molecule has 1 aliphatic rings. The van der Waals surface area contributed by atoms with Crippen LogP contribution in [-0.2, 0) is 38.1 Å². The monoisotopic (exact) mass is 544 g/mol. The van der Waals surface area contributed by atoms with E-state index < -0.39 is 12.1 Å². The van der Waals surface area contributed by atoms with Crippen LogP contribution in [0.5, 0.6) is 0 Å². The highest BCUT2D eigenvalue weighted by molar-refractivity contribution is 5.76. The Kier molecular flexibility index (Phi) is 16.9. The van der Waals surface area contributed by atoms with Crippen molar-refractivity contribution in [1.29, 1.82) is 0 Å². The summed E-state index contributed by atoms with van der Waals surface area (Å²) in [5, 5.41) is 6.26. The van der Waals surface area contributed by atoms with Crippen molar-refractivity contribution in [1.82, 2.24) is 10.6 Å². The molecule has 2 unspecified atom stereocenters. The number of ether oxygens (including phenoxy) is 4. The molecule has 0 heterocycles. The third kappa shape index (κ3) is 14.7. The van der Waals surface area contributed by atoms with E-state index in [1.165, 1.54) is 14.2 Å². The molecule has 1 rings (SSSR count). The van der Waals surface area contributed by atoms with Crippen molar-refractivity contribution in [2.45, 2.75) is 91.1 Å². The maximum absolute atomic E-state index is 12.7. The number of rotatable bonds is 18. The van der Waals surface area contributed by atoms with Gasteiger partial charge in [-0.1, -0.05) is 27.7 Å². The van der Waals surface area contributed by atoms with Crippen LogP contribution in [0.3, 0.4) is 0 Å². The van der Waals surface area contributed by atoms with Gasteiger partial charge >= 0.3 is 23.9 Å². The second-order valence-corrected chi connectivity index (χ2v) is 11.1. The maximum Gasteiger partial charge on any atom is 0.323 e. The van der Waals surface area contributed by atoms with Crippen molar-refractivity contribution in [3.05, 3.63) is 0 Å². The van der Waals surface area contributed by atoms with Crippen LogP contribution in [0.25, 0.3) is 0 Å². The lowest BCUT2D eigenvalue weighted by molar-refractivity contribution is -0.150. The highest BCUT2D eigenvalue weighted by Gasteiger charge is 2.27. The van der Waals surface area contributed by atoms with Gasteiger partial charge in [-0.3, -0.25) is 19.2 Å². The summed E-state index contributed by atoms with van der Waals surface area (Å²) in [6.07, 6.45) is 5.31. The second-order valence-electron chi connectivity index (χ2n) is 11.1. The minimum Gasteiger partial charge on any atom is -0.469 e. The Hall–Kier alpha value is -2.20. The van der Waals surface area contributed by atoms with Crippen LogP contribution in [-0.4, -0.2) is 76.5 Å². The summed E-state index contributed by atoms with van der Waals surface area (Å²) >= 11 is 0. The third-order valence-electron chi connectivity index (χ3n) is 6.77. The molecule has 2 N–H and O–H groups in total. The minimum atomic E-state index is -0.449. The maximum atomic E-state index is 12.7. The van der Waals surface area contributed by atoms with Gasteiger partial charge < -0.3 is 29.6 Å². The summed E-state index contributed by atoms with van der Waals surface area (Å²) in [5.41, 5.74) is 0. The molecule has 1 fully saturated rings. The molecule has 0 aliphatic heterocycles. The molecule has 0 aromatic rings. The Labute approximate surface area is 229 Å². The molecule has 222 valence electrons. The first-order chi connectivity index (χ1) is 18.0. The van der Waals surface area contributed by atoms with Gasteiger partial charge in [0.2, 0.25) is 0 Å². The first kappa shape index (κ1) is 33.8. The molecule has 10 nitrogen and oxygen atoms in total. The predicted octanol–water partition coefficient (Wildman–Crippen LogP) is 3.26.